The number of methoxy groups -OCH3 is 1. The van der Waals surface area contributed by atoms with Gasteiger partial charge < -0.3 is 14.2 Å². The van der Waals surface area contributed by atoms with Gasteiger partial charge in [-0.05, 0) is 48.7 Å². The number of allylic oxidation sites excluding steroid dienone is 1. The van der Waals surface area contributed by atoms with Crippen LogP contribution in [0.1, 0.15) is 28.8 Å². The van der Waals surface area contributed by atoms with Crippen LogP contribution in [0.4, 0.5) is 0 Å². The fraction of sp³-hybridized carbons (Fsp3) is 0.200. The maximum absolute atomic E-state index is 12.5. The average molecular weight is 336 g/mol. The molecule has 0 saturated heterocycles. The molecule has 0 amide bonds. The fourth-order valence-electron chi connectivity index (χ4n) is 2.63. The van der Waals surface area contributed by atoms with Gasteiger partial charge >= 0.3 is 5.97 Å². The summed E-state index contributed by atoms with van der Waals surface area (Å²) >= 11 is 0. The summed E-state index contributed by atoms with van der Waals surface area (Å²) in [5, 5.41) is 0. The Labute approximate surface area is 144 Å². The van der Waals surface area contributed by atoms with Gasteiger partial charge in [0.1, 0.15) is 17.2 Å². The molecule has 2 aromatic rings. The molecule has 1 aliphatic heterocycles. The third kappa shape index (κ3) is 3.13. The topological polar surface area (TPSA) is 61.8 Å². The van der Waals surface area contributed by atoms with Crippen LogP contribution in [0.15, 0.2) is 48.2 Å². The first-order valence-electron chi connectivity index (χ1n) is 8.08. The van der Waals surface area contributed by atoms with Crippen molar-refractivity contribution >= 4 is 17.8 Å². The lowest BCUT2D eigenvalue weighted by Gasteiger charge is -2.04. The number of carbonyl (C=O) groups is 2. The summed E-state index contributed by atoms with van der Waals surface area (Å²) in [4.78, 5) is 24.2. The number of hydrogen-bond donors (Lipinski definition) is 0. The van der Waals surface area contributed by atoms with Crippen molar-refractivity contribution < 1.29 is 23.8 Å². The Morgan fingerprint density at radius 1 is 1.16 bits per heavy atom. The lowest BCUT2D eigenvalue weighted by Crippen LogP contribution is -2.09. The van der Waals surface area contributed by atoms with E-state index in [-0.39, 0.29) is 23.4 Å². The normalized spacial score (nSPS) is 17.2. The molecule has 126 valence electrons. The molecule has 1 saturated carbocycles. The van der Waals surface area contributed by atoms with E-state index in [9.17, 15) is 9.59 Å². The predicted octanol–water partition coefficient (Wildman–Crippen LogP) is 3.63. The van der Waals surface area contributed by atoms with Crippen LogP contribution >= 0.6 is 0 Å². The van der Waals surface area contributed by atoms with E-state index in [0.29, 0.717) is 22.8 Å². The summed E-state index contributed by atoms with van der Waals surface area (Å²) in [5.74, 6) is 1.32. The summed E-state index contributed by atoms with van der Waals surface area (Å²) < 4.78 is 16.2. The first-order valence-corrected chi connectivity index (χ1v) is 8.08. The zero-order chi connectivity index (χ0) is 17.4. The van der Waals surface area contributed by atoms with Crippen molar-refractivity contribution in [1.29, 1.82) is 0 Å². The van der Waals surface area contributed by atoms with Gasteiger partial charge in [-0.2, -0.15) is 0 Å². The Kier molecular flexibility index (Phi) is 3.76. The van der Waals surface area contributed by atoms with Crippen molar-refractivity contribution in [1.82, 2.24) is 0 Å². The molecule has 2 aliphatic rings. The van der Waals surface area contributed by atoms with E-state index in [1.54, 1.807) is 31.4 Å². The minimum atomic E-state index is -0.226. The van der Waals surface area contributed by atoms with Crippen LogP contribution in [-0.2, 0) is 4.79 Å². The van der Waals surface area contributed by atoms with Gasteiger partial charge in [-0.15, -0.1) is 0 Å². The van der Waals surface area contributed by atoms with Crippen LogP contribution < -0.4 is 14.2 Å². The van der Waals surface area contributed by atoms with Crippen molar-refractivity contribution in [3.05, 3.63) is 59.4 Å². The largest absolute Gasteiger partial charge is 0.497 e. The molecule has 0 N–H and O–H groups in total. The Hall–Kier alpha value is -3.08. The van der Waals surface area contributed by atoms with Gasteiger partial charge in [0.05, 0.1) is 18.6 Å². The van der Waals surface area contributed by atoms with Gasteiger partial charge in [-0.1, -0.05) is 12.1 Å². The molecule has 1 aliphatic carbocycles. The molecule has 25 heavy (non-hydrogen) atoms. The van der Waals surface area contributed by atoms with Crippen molar-refractivity contribution in [2.45, 2.75) is 12.8 Å². The maximum atomic E-state index is 12.5. The number of rotatable bonds is 4. The molecule has 0 atom stereocenters. The Balaban J connectivity index is 1.57. The standard InChI is InChI=1S/C20H16O5/c1-23-14-4-2-3-12(9-14)10-18-19(21)16-8-7-15(11-17(16)25-18)24-20(22)13-5-6-13/h2-4,7-11,13H,5-6H2,1H3. The molecule has 0 unspecified atom stereocenters. The second-order valence-corrected chi connectivity index (χ2v) is 6.07. The van der Waals surface area contributed by atoms with E-state index in [0.717, 1.165) is 18.4 Å². The smallest absolute Gasteiger partial charge is 0.314 e. The van der Waals surface area contributed by atoms with Gasteiger partial charge in [-0.25, -0.2) is 0 Å². The SMILES string of the molecule is COc1cccc(C=C2Oc3cc(OC(=O)C4CC4)ccc3C2=O)c1. The van der Waals surface area contributed by atoms with E-state index >= 15 is 0 Å². The molecule has 1 fully saturated rings. The lowest BCUT2D eigenvalue weighted by atomic mass is 10.1. The number of ether oxygens (including phenoxy) is 3. The third-order valence-electron chi connectivity index (χ3n) is 4.16. The van der Waals surface area contributed by atoms with Crippen molar-refractivity contribution in [3.63, 3.8) is 0 Å². The summed E-state index contributed by atoms with van der Waals surface area (Å²) in [7, 11) is 1.59. The quantitative estimate of drug-likeness (QED) is 0.485. The highest BCUT2D eigenvalue weighted by Gasteiger charge is 2.32. The minimum absolute atomic E-state index is 0.0133. The zero-order valence-corrected chi connectivity index (χ0v) is 13.7. The van der Waals surface area contributed by atoms with Gasteiger partial charge in [0.2, 0.25) is 5.78 Å². The summed E-state index contributed by atoms with van der Waals surface area (Å²) in [6.45, 7) is 0. The summed E-state index contributed by atoms with van der Waals surface area (Å²) in [6, 6.07) is 12.2. The summed E-state index contributed by atoms with van der Waals surface area (Å²) in [6.07, 6.45) is 3.43. The predicted molar refractivity (Wildman–Crippen MR) is 90.7 cm³/mol. The van der Waals surface area contributed by atoms with Crippen LogP contribution in [-0.4, -0.2) is 18.9 Å². The van der Waals surface area contributed by atoms with Crippen LogP contribution in [0.25, 0.3) is 6.08 Å². The van der Waals surface area contributed by atoms with Crippen molar-refractivity contribution in [2.75, 3.05) is 7.11 Å². The number of Topliss-reactive ketones (excluding diaryl/α,β-unsaturated/α-hetero) is 1. The number of esters is 1. The number of carbonyl (C=O) groups excluding carboxylic acids is 2. The monoisotopic (exact) mass is 336 g/mol. The minimum Gasteiger partial charge on any atom is -0.497 e. The first-order chi connectivity index (χ1) is 12.1. The lowest BCUT2D eigenvalue weighted by molar-refractivity contribution is -0.135. The third-order valence-corrected chi connectivity index (χ3v) is 4.16. The maximum Gasteiger partial charge on any atom is 0.314 e. The molecule has 4 rings (SSSR count). The number of hydrogen-bond acceptors (Lipinski definition) is 5. The molecule has 5 nitrogen and oxygen atoms in total. The highest BCUT2D eigenvalue weighted by Crippen LogP contribution is 2.36. The zero-order valence-electron chi connectivity index (χ0n) is 13.7. The van der Waals surface area contributed by atoms with Gasteiger partial charge in [0, 0.05) is 6.07 Å². The molecule has 0 spiro atoms. The van der Waals surface area contributed by atoms with Crippen LogP contribution in [0.5, 0.6) is 17.2 Å². The Morgan fingerprint density at radius 2 is 2.00 bits per heavy atom. The molecular formula is C20H16O5. The van der Waals surface area contributed by atoms with E-state index in [2.05, 4.69) is 0 Å². The van der Waals surface area contributed by atoms with Gasteiger partial charge in [0.15, 0.2) is 5.76 Å². The Morgan fingerprint density at radius 3 is 2.76 bits per heavy atom. The number of fused-ring (bicyclic) bond motifs is 1. The molecule has 0 bridgehead atoms. The second-order valence-electron chi connectivity index (χ2n) is 6.07. The Bertz CT molecular complexity index is 893. The highest BCUT2D eigenvalue weighted by molar-refractivity contribution is 6.14. The number of benzene rings is 2. The molecule has 0 aromatic heterocycles. The number of ketones is 1. The fourth-order valence-corrected chi connectivity index (χ4v) is 2.63. The van der Waals surface area contributed by atoms with E-state index in [1.165, 1.54) is 0 Å². The molecule has 1 heterocycles. The highest BCUT2D eigenvalue weighted by atomic mass is 16.5. The van der Waals surface area contributed by atoms with Crippen LogP contribution in [0, 0.1) is 5.92 Å². The molecule has 5 heteroatoms. The summed E-state index contributed by atoms with van der Waals surface area (Å²) in [5.41, 5.74) is 1.26. The average Bonchev–Trinajstić information content (AvgIpc) is 3.42. The second kappa shape index (κ2) is 6.09. The van der Waals surface area contributed by atoms with Crippen molar-refractivity contribution in [3.8, 4) is 17.2 Å². The van der Waals surface area contributed by atoms with E-state index in [4.69, 9.17) is 14.2 Å². The molecular weight excluding hydrogens is 320 g/mol. The van der Waals surface area contributed by atoms with Crippen molar-refractivity contribution in [2.24, 2.45) is 5.92 Å². The van der Waals surface area contributed by atoms with E-state index < -0.39 is 0 Å². The van der Waals surface area contributed by atoms with Crippen LogP contribution in [0.2, 0.25) is 0 Å². The molecule has 2 aromatic carbocycles. The molecule has 0 radical (unpaired) electrons. The van der Waals surface area contributed by atoms with E-state index in [1.807, 2.05) is 24.3 Å². The van der Waals surface area contributed by atoms with Gasteiger partial charge in [-0.3, -0.25) is 9.59 Å². The first kappa shape index (κ1) is 15.4. The van der Waals surface area contributed by atoms with Gasteiger partial charge in [0.25, 0.3) is 0 Å². The van der Waals surface area contributed by atoms with Crippen LogP contribution in [0.3, 0.4) is 0 Å².